The summed E-state index contributed by atoms with van der Waals surface area (Å²) in [5.41, 5.74) is 0.152. The number of nitrogens with zero attached hydrogens (tertiary/aromatic N) is 7. The van der Waals surface area contributed by atoms with E-state index in [1.807, 2.05) is 0 Å². The fourth-order valence-electron chi connectivity index (χ4n) is 3.60. The molecule has 4 rings (SSSR count). The molecule has 0 bridgehead atoms. The van der Waals surface area contributed by atoms with Crippen LogP contribution in [0.4, 0.5) is 9.18 Å². The molecule has 0 radical (unpaired) electrons. The summed E-state index contributed by atoms with van der Waals surface area (Å²) in [6, 6.07) is -0.614. The first-order valence-corrected chi connectivity index (χ1v) is 10.0. The molecule has 3 heterocycles. The highest BCUT2D eigenvalue weighted by Gasteiger charge is 2.44. The lowest BCUT2D eigenvalue weighted by molar-refractivity contribution is 0.0151. The van der Waals surface area contributed by atoms with Crippen molar-refractivity contribution in [1.82, 2.24) is 34.5 Å². The molecule has 11 heteroatoms. The third-order valence-electron chi connectivity index (χ3n) is 5.14. The summed E-state index contributed by atoms with van der Waals surface area (Å²) in [4.78, 5) is 40.5. The van der Waals surface area contributed by atoms with Crippen molar-refractivity contribution in [2.75, 3.05) is 13.1 Å². The standard InChI is InChI=1S/C19H24FN7O3/c1-12(2)30-19(29)25-6-5-16(14(20)9-25)27(13-3-4-13)18(28)15-7-23-17(8-22-15)26-11-21-10-24-26/h7-8,10-14,16H,3-6,9H2,1-2H3/t14-,16+/m0/s1. The van der Waals surface area contributed by atoms with E-state index in [9.17, 15) is 9.59 Å². The minimum absolute atomic E-state index is 0.00768. The average molecular weight is 417 g/mol. The molecule has 0 aromatic carbocycles. The molecule has 2 atom stereocenters. The number of aromatic nitrogens is 5. The van der Waals surface area contributed by atoms with Gasteiger partial charge in [0.05, 0.1) is 31.1 Å². The third-order valence-corrected chi connectivity index (χ3v) is 5.14. The molecule has 2 fully saturated rings. The number of carbonyl (C=O) groups is 2. The predicted molar refractivity (Wildman–Crippen MR) is 103 cm³/mol. The van der Waals surface area contributed by atoms with Crippen molar-refractivity contribution in [2.45, 2.75) is 57.5 Å². The van der Waals surface area contributed by atoms with Crippen LogP contribution in [-0.2, 0) is 4.74 Å². The Morgan fingerprint density at radius 2 is 2.03 bits per heavy atom. The smallest absolute Gasteiger partial charge is 0.410 e. The first-order chi connectivity index (χ1) is 14.4. The van der Waals surface area contributed by atoms with Crippen LogP contribution in [0.5, 0.6) is 0 Å². The normalized spacial score (nSPS) is 21.5. The summed E-state index contributed by atoms with van der Waals surface area (Å²) in [6.45, 7) is 3.74. The van der Waals surface area contributed by atoms with Gasteiger partial charge in [0, 0.05) is 12.6 Å². The number of hydrogen-bond acceptors (Lipinski definition) is 7. The summed E-state index contributed by atoms with van der Waals surface area (Å²) in [5.74, 6) is 0.0864. The second-order valence-electron chi connectivity index (χ2n) is 7.79. The van der Waals surface area contributed by atoms with E-state index in [-0.39, 0.29) is 30.3 Å². The summed E-state index contributed by atoms with van der Waals surface area (Å²) < 4.78 is 21.7. The van der Waals surface area contributed by atoms with Crippen molar-refractivity contribution in [1.29, 1.82) is 0 Å². The molecule has 0 N–H and O–H groups in total. The molecule has 2 amide bonds. The van der Waals surface area contributed by atoms with Crippen molar-refractivity contribution >= 4 is 12.0 Å². The van der Waals surface area contributed by atoms with E-state index in [0.717, 1.165) is 12.8 Å². The Morgan fingerprint density at radius 1 is 1.23 bits per heavy atom. The molecule has 1 saturated carbocycles. The monoisotopic (exact) mass is 417 g/mol. The maximum absolute atomic E-state index is 15.1. The van der Waals surface area contributed by atoms with E-state index >= 15 is 4.39 Å². The maximum atomic E-state index is 15.1. The summed E-state index contributed by atoms with van der Waals surface area (Å²) in [5, 5.41) is 3.97. The van der Waals surface area contributed by atoms with Gasteiger partial charge in [0.2, 0.25) is 0 Å². The first-order valence-electron chi connectivity index (χ1n) is 10.0. The molecule has 160 valence electrons. The van der Waals surface area contributed by atoms with Crippen LogP contribution in [0.25, 0.3) is 5.82 Å². The van der Waals surface area contributed by atoms with Crippen molar-refractivity contribution in [3.8, 4) is 5.82 Å². The molecule has 2 aliphatic rings. The zero-order chi connectivity index (χ0) is 21.3. The maximum Gasteiger partial charge on any atom is 0.410 e. The lowest BCUT2D eigenvalue weighted by Gasteiger charge is -2.40. The highest BCUT2D eigenvalue weighted by atomic mass is 19.1. The Hall–Kier alpha value is -3.11. The molecule has 1 saturated heterocycles. The van der Waals surface area contributed by atoms with Crippen LogP contribution in [-0.4, -0.2) is 84.0 Å². The number of halogens is 1. The van der Waals surface area contributed by atoms with E-state index in [2.05, 4.69) is 20.1 Å². The zero-order valence-corrected chi connectivity index (χ0v) is 16.9. The van der Waals surface area contributed by atoms with Gasteiger partial charge in [-0.2, -0.15) is 5.10 Å². The first kappa shape index (κ1) is 20.2. The van der Waals surface area contributed by atoms with E-state index in [0.29, 0.717) is 18.8 Å². The van der Waals surface area contributed by atoms with Crippen molar-refractivity contribution in [3.05, 3.63) is 30.7 Å². The van der Waals surface area contributed by atoms with E-state index in [1.165, 1.54) is 34.6 Å². The van der Waals surface area contributed by atoms with Crippen molar-refractivity contribution in [2.24, 2.45) is 0 Å². The van der Waals surface area contributed by atoms with Gasteiger partial charge in [-0.1, -0.05) is 0 Å². The second-order valence-corrected chi connectivity index (χ2v) is 7.79. The van der Waals surface area contributed by atoms with E-state index in [4.69, 9.17) is 4.74 Å². The number of alkyl halides is 1. The Labute approximate surface area is 173 Å². The van der Waals surface area contributed by atoms with Gasteiger partial charge >= 0.3 is 6.09 Å². The second kappa shape index (κ2) is 8.33. The minimum Gasteiger partial charge on any atom is -0.447 e. The van der Waals surface area contributed by atoms with Crippen LogP contribution in [0.3, 0.4) is 0 Å². The molecule has 0 spiro atoms. The highest BCUT2D eigenvalue weighted by molar-refractivity contribution is 5.92. The van der Waals surface area contributed by atoms with Gasteiger partial charge in [-0.3, -0.25) is 4.79 Å². The summed E-state index contributed by atoms with van der Waals surface area (Å²) in [7, 11) is 0. The Balaban J connectivity index is 1.46. The van der Waals surface area contributed by atoms with Gasteiger partial charge in [0.15, 0.2) is 5.82 Å². The molecule has 10 nitrogen and oxygen atoms in total. The lowest BCUT2D eigenvalue weighted by atomic mass is 10.0. The fourth-order valence-corrected chi connectivity index (χ4v) is 3.60. The Morgan fingerprint density at radius 3 is 2.60 bits per heavy atom. The van der Waals surface area contributed by atoms with Gasteiger partial charge in [0.25, 0.3) is 5.91 Å². The molecule has 1 aliphatic heterocycles. The number of likely N-dealkylation sites (tertiary alicyclic amines) is 1. The molecule has 30 heavy (non-hydrogen) atoms. The van der Waals surface area contributed by atoms with Gasteiger partial charge < -0.3 is 14.5 Å². The summed E-state index contributed by atoms with van der Waals surface area (Å²) in [6.07, 6.45) is 5.53. The van der Waals surface area contributed by atoms with Crippen LogP contribution in [0.15, 0.2) is 25.0 Å². The van der Waals surface area contributed by atoms with Crippen molar-refractivity contribution in [3.63, 3.8) is 0 Å². The van der Waals surface area contributed by atoms with E-state index in [1.54, 1.807) is 18.7 Å². The number of piperidine rings is 1. The average Bonchev–Trinajstić information content (AvgIpc) is 3.40. The van der Waals surface area contributed by atoms with Gasteiger partial charge in [-0.25, -0.2) is 28.8 Å². The van der Waals surface area contributed by atoms with Crippen molar-refractivity contribution < 1.29 is 18.7 Å². The number of hydrogen-bond donors (Lipinski definition) is 0. The third kappa shape index (κ3) is 4.24. The van der Waals surface area contributed by atoms with Gasteiger partial charge in [-0.05, 0) is 33.1 Å². The van der Waals surface area contributed by atoms with Crippen LogP contribution in [0.2, 0.25) is 0 Å². The molecule has 1 aliphatic carbocycles. The zero-order valence-electron chi connectivity index (χ0n) is 16.9. The quantitative estimate of drug-likeness (QED) is 0.728. The molecule has 2 aromatic heterocycles. The van der Waals surface area contributed by atoms with Crippen LogP contribution in [0.1, 0.15) is 43.6 Å². The van der Waals surface area contributed by atoms with Crippen LogP contribution in [0, 0.1) is 0 Å². The van der Waals surface area contributed by atoms with Crippen LogP contribution < -0.4 is 0 Å². The number of ether oxygens (including phenoxy) is 1. The Kier molecular flexibility index (Phi) is 5.60. The molecular formula is C19H24FN7O3. The number of carbonyl (C=O) groups excluding carboxylic acids is 2. The molecule has 2 aromatic rings. The van der Waals surface area contributed by atoms with Gasteiger partial charge in [0.1, 0.15) is 24.5 Å². The largest absolute Gasteiger partial charge is 0.447 e. The lowest BCUT2D eigenvalue weighted by Crippen LogP contribution is -2.56. The molecule has 0 unspecified atom stereocenters. The fraction of sp³-hybridized carbons (Fsp3) is 0.579. The molecular weight excluding hydrogens is 393 g/mol. The topological polar surface area (TPSA) is 106 Å². The number of rotatable bonds is 5. The minimum atomic E-state index is -1.36. The SMILES string of the molecule is CC(C)OC(=O)N1CC[C@@H](N(C(=O)c2cnc(-n3cncn3)cn2)C2CC2)[C@@H](F)C1. The van der Waals surface area contributed by atoms with E-state index < -0.39 is 18.3 Å². The van der Waals surface area contributed by atoms with Crippen LogP contribution >= 0.6 is 0 Å². The number of amides is 2. The summed E-state index contributed by atoms with van der Waals surface area (Å²) >= 11 is 0. The predicted octanol–water partition coefficient (Wildman–Crippen LogP) is 1.62. The highest BCUT2D eigenvalue weighted by Crippen LogP contribution is 2.34. The Bertz CT molecular complexity index is 886. The van der Waals surface area contributed by atoms with Gasteiger partial charge in [-0.15, -0.1) is 0 Å².